The second-order valence-electron chi connectivity index (χ2n) is 2.46. The topological polar surface area (TPSA) is 72.8 Å². The number of esters is 2. The molecule has 1 aliphatic heterocycles. The van der Waals surface area contributed by atoms with Crippen LogP contribution in [0.3, 0.4) is 0 Å². The highest BCUT2D eigenvalue weighted by Crippen LogP contribution is 2.10. The molecule has 0 aromatic rings. The van der Waals surface area contributed by atoms with Gasteiger partial charge in [-0.05, 0) is 13.0 Å². The molecule has 5 nitrogen and oxygen atoms in total. The van der Waals surface area contributed by atoms with Gasteiger partial charge in [0, 0.05) is 6.08 Å². The molecule has 1 rings (SSSR count). The first-order valence-corrected chi connectivity index (χ1v) is 3.88. The number of ether oxygens (including phenoxy) is 2. The molecule has 0 bridgehead atoms. The lowest BCUT2D eigenvalue weighted by Crippen LogP contribution is -2.35. The van der Waals surface area contributed by atoms with Gasteiger partial charge < -0.3 is 14.6 Å². The summed E-state index contributed by atoms with van der Waals surface area (Å²) in [4.78, 5) is 21.5. The molecule has 72 valence electrons. The average molecular weight is 186 g/mol. The summed E-state index contributed by atoms with van der Waals surface area (Å²) in [6, 6.07) is 0. The Morgan fingerprint density at radius 3 is 3.00 bits per heavy atom. The molecule has 5 heteroatoms. The number of aliphatic hydroxyl groups is 1. The summed E-state index contributed by atoms with van der Waals surface area (Å²) in [6.07, 6.45) is 0.144. The van der Waals surface area contributed by atoms with Gasteiger partial charge in [-0.2, -0.15) is 0 Å². The van der Waals surface area contributed by atoms with Crippen LogP contribution < -0.4 is 0 Å². The van der Waals surface area contributed by atoms with E-state index in [1.807, 2.05) is 0 Å². The van der Waals surface area contributed by atoms with Crippen molar-refractivity contribution in [3.63, 3.8) is 0 Å². The average Bonchev–Trinajstić information content (AvgIpc) is 2.51. The van der Waals surface area contributed by atoms with E-state index in [0.717, 1.165) is 6.08 Å². The molecular formula is C8H10O5. The molecule has 1 N–H and O–H groups in total. The number of hydrogen-bond donors (Lipinski definition) is 1. The Balaban J connectivity index is 2.48. The van der Waals surface area contributed by atoms with Crippen LogP contribution in [0.1, 0.15) is 6.92 Å². The van der Waals surface area contributed by atoms with Crippen LogP contribution in [0.15, 0.2) is 12.2 Å². The number of rotatable bonds is 3. The van der Waals surface area contributed by atoms with Gasteiger partial charge in [-0.15, -0.1) is 0 Å². The van der Waals surface area contributed by atoms with Crippen LogP contribution in [-0.4, -0.2) is 35.9 Å². The highest BCUT2D eigenvalue weighted by Gasteiger charge is 2.31. The van der Waals surface area contributed by atoms with E-state index in [2.05, 4.69) is 9.47 Å². The van der Waals surface area contributed by atoms with E-state index in [1.54, 1.807) is 6.92 Å². The van der Waals surface area contributed by atoms with Crippen molar-refractivity contribution in [2.75, 3.05) is 6.61 Å². The van der Waals surface area contributed by atoms with Crippen molar-refractivity contribution in [2.24, 2.45) is 0 Å². The van der Waals surface area contributed by atoms with Gasteiger partial charge in [0.2, 0.25) is 0 Å². The molecule has 0 saturated heterocycles. The smallest absolute Gasteiger partial charge is 0.339 e. The maximum atomic E-state index is 10.9. The minimum absolute atomic E-state index is 0.181. The van der Waals surface area contributed by atoms with Gasteiger partial charge in [-0.1, -0.05) is 0 Å². The van der Waals surface area contributed by atoms with Gasteiger partial charge in [0.25, 0.3) is 0 Å². The number of hydrogen-bond acceptors (Lipinski definition) is 5. The maximum Gasteiger partial charge on any atom is 0.339 e. The second-order valence-corrected chi connectivity index (χ2v) is 2.46. The summed E-state index contributed by atoms with van der Waals surface area (Å²) < 4.78 is 9.13. The molecule has 0 fully saturated rings. The molecule has 0 aromatic heterocycles. The van der Waals surface area contributed by atoms with Gasteiger partial charge in [-0.3, -0.25) is 0 Å². The van der Waals surface area contributed by atoms with Crippen LogP contribution >= 0.6 is 0 Å². The molecule has 13 heavy (non-hydrogen) atoms. The summed E-state index contributed by atoms with van der Waals surface area (Å²) in [5.74, 6) is -1.35. The molecule has 2 atom stereocenters. The minimum Gasteiger partial charge on any atom is -0.464 e. The molecule has 0 amide bonds. The van der Waals surface area contributed by atoms with Crippen LogP contribution in [0.2, 0.25) is 0 Å². The molecule has 1 aliphatic rings. The van der Waals surface area contributed by atoms with E-state index in [9.17, 15) is 14.7 Å². The lowest BCUT2D eigenvalue weighted by atomic mass is 10.2. The van der Waals surface area contributed by atoms with Gasteiger partial charge in [-0.25, -0.2) is 9.59 Å². The molecule has 0 aliphatic carbocycles. The van der Waals surface area contributed by atoms with E-state index in [-0.39, 0.29) is 6.61 Å². The van der Waals surface area contributed by atoms with Crippen molar-refractivity contribution in [2.45, 2.75) is 19.1 Å². The highest BCUT2D eigenvalue weighted by atomic mass is 16.6. The molecule has 1 heterocycles. The Morgan fingerprint density at radius 1 is 1.85 bits per heavy atom. The molecule has 0 aromatic carbocycles. The first-order valence-electron chi connectivity index (χ1n) is 3.88. The zero-order valence-corrected chi connectivity index (χ0v) is 7.10. The first kappa shape index (κ1) is 9.73. The zero-order valence-electron chi connectivity index (χ0n) is 7.10. The summed E-state index contributed by atoms with van der Waals surface area (Å²) in [6.45, 7) is 1.81. The van der Waals surface area contributed by atoms with Crippen LogP contribution in [0.25, 0.3) is 0 Å². The summed E-state index contributed by atoms with van der Waals surface area (Å²) >= 11 is 0. The highest BCUT2D eigenvalue weighted by molar-refractivity contribution is 5.86. The second kappa shape index (κ2) is 4.04. The number of carbonyl (C=O) groups is 2. The Kier molecular flexibility index (Phi) is 3.02. The van der Waals surface area contributed by atoms with E-state index in [1.165, 1.54) is 6.08 Å². The van der Waals surface area contributed by atoms with Crippen LogP contribution in [0.5, 0.6) is 0 Å². The molecular weight excluding hydrogens is 176 g/mol. The van der Waals surface area contributed by atoms with Crippen LogP contribution in [0.4, 0.5) is 0 Å². The summed E-state index contributed by atoms with van der Waals surface area (Å²) in [5.41, 5.74) is 0. The van der Waals surface area contributed by atoms with E-state index >= 15 is 0 Å². The molecule has 1 unspecified atom stereocenters. The first-order chi connectivity index (χ1) is 6.15. The maximum absolute atomic E-state index is 10.9. The Bertz CT molecular complexity index is 245. The van der Waals surface area contributed by atoms with Crippen molar-refractivity contribution in [3.8, 4) is 0 Å². The third-order valence-corrected chi connectivity index (χ3v) is 1.51. The lowest BCUT2D eigenvalue weighted by molar-refractivity contribution is -0.161. The molecule has 0 radical (unpaired) electrons. The fourth-order valence-corrected chi connectivity index (χ4v) is 0.918. The van der Waals surface area contributed by atoms with Crippen molar-refractivity contribution in [1.29, 1.82) is 0 Å². The number of cyclic esters (lactones) is 1. The SMILES string of the molecule is CCOC(=O)[C@@H](O)C1C=CC(=O)O1. The predicted octanol–water partition coefficient (Wildman–Crippen LogP) is -0.608. The number of aliphatic hydroxyl groups excluding tert-OH is 1. The third-order valence-electron chi connectivity index (χ3n) is 1.51. The lowest BCUT2D eigenvalue weighted by Gasteiger charge is -2.14. The standard InChI is InChI=1S/C8H10O5/c1-2-12-8(11)7(10)5-3-4-6(9)13-5/h3-5,7,10H,2H2,1H3/t5?,7-/m0/s1. The fraction of sp³-hybridized carbons (Fsp3) is 0.500. The van der Waals surface area contributed by atoms with Gasteiger partial charge in [0.05, 0.1) is 6.61 Å². The molecule has 0 spiro atoms. The molecule has 0 saturated carbocycles. The Morgan fingerprint density at radius 2 is 2.54 bits per heavy atom. The normalized spacial score (nSPS) is 22.6. The van der Waals surface area contributed by atoms with Gasteiger partial charge >= 0.3 is 11.9 Å². The van der Waals surface area contributed by atoms with Crippen molar-refractivity contribution >= 4 is 11.9 Å². The van der Waals surface area contributed by atoms with Crippen LogP contribution in [-0.2, 0) is 19.1 Å². The largest absolute Gasteiger partial charge is 0.464 e. The summed E-state index contributed by atoms with van der Waals surface area (Å²) in [5, 5.41) is 9.26. The third kappa shape index (κ3) is 2.29. The zero-order chi connectivity index (χ0) is 9.84. The summed E-state index contributed by atoms with van der Waals surface area (Å²) in [7, 11) is 0. The quantitative estimate of drug-likeness (QED) is 0.595. The van der Waals surface area contributed by atoms with E-state index < -0.39 is 24.1 Å². The Hall–Kier alpha value is -1.36. The van der Waals surface area contributed by atoms with Crippen molar-refractivity contribution in [3.05, 3.63) is 12.2 Å². The monoisotopic (exact) mass is 186 g/mol. The predicted molar refractivity (Wildman–Crippen MR) is 41.7 cm³/mol. The Labute approximate surface area is 74.9 Å². The van der Waals surface area contributed by atoms with E-state index in [0.29, 0.717) is 0 Å². The fourth-order valence-electron chi connectivity index (χ4n) is 0.918. The van der Waals surface area contributed by atoms with E-state index in [4.69, 9.17) is 0 Å². The van der Waals surface area contributed by atoms with Gasteiger partial charge in [0.1, 0.15) is 0 Å². The van der Waals surface area contributed by atoms with Crippen molar-refractivity contribution in [1.82, 2.24) is 0 Å². The number of carbonyl (C=O) groups excluding carboxylic acids is 2. The van der Waals surface area contributed by atoms with Gasteiger partial charge in [0.15, 0.2) is 12.2 Å². The van der Waals surface area contributed by atoms with Crippen LogP contribution in [0, 0.1) is 0 Å². The van der Waals surface area contributed by atoms with Crippen molar-refractivity contribution < 1.29 is 24.2 Å². The minimum atomic E-state index is -1.43.